The van der Waals surface area contributed by atoms with Gasteiger partial charge in [0.1, 0.15) is 11.5 Å². The Morgan fingerprint density at radius 3 is 2.78 bits per heavy atom. The molecule has 0 saturated heterocycles. The molecule has 98 valence electrons. The number of aryl methyl sites for hydroxylation is 1. The largest absolute Gasteiger partial charge is 0.495 e. The fourth-order valence-electron chi connectivity index (χ4n) is 1.96. The van der Waals surface area contributed by atoms with Crippen LogP contribution in [0.4, 0.5) is 0 Å². The van der Waals surface area contributed by atoms with Crippen LogP contribution in [0.3, 0.4) is 0 Å². The molecule has 0 aromatic rings. The molecular formula is C14H18O3S. The van der Waals surface area contributed by atoms with Gasteiger partial charge in [0.15, 0.2) is 5.76 Å². The summed E-state index contributed by atoms with van der Waals surface area (Å²) < 4.78 is 16.4. The summed E-state index contributed by atoms with van der Waals surface area (Å²) in [6.07, 6.45) is 3.90. The van der Waals surface area contributed by atoms with E-state index in [-0.39, 0.29) is 0 Å². The minimum atomic E-state index is 0.757. The van der Waals surface area contributed by atoms with E-state index in [1.165, 1.54) is 0 Å². The lowest BCUT2D eigenvalue weighted by Gasteiger charge is -2.06. The third-order valence-corrected chi connectivity index (χ3v) is 3.65. The molecule has 4 heteroatoms. The molecule has 0 atom stereocenters. The van der Waals surface area contributed by atoms with Crippen LogP contribution >= 0.6 is 11.8 Å². The molecular weight excluding hydrogens is 248 g/mol. The Kier molecular flexibility index (Phi) is 4.55. The van der Waals surface area contributed by atoms with E-state index in [4.69, 9.17) is 13.9 Å². The van der Waals surface area contributed by atoms with Crippen LogP contribution in [0.5, 0.6) is 5.75 Å². The van der Waals surface area contributed by atoms with E-state index < -0.39 is 0 Å². The Morgan fingerprint density at radius 2 is 2.11 bits per heavy atom. The van der Waals surface area contributed by atoms with Crippen LogP contribution in [0.2, 0.25) is 0 Å². The molecule has 2 aliphatic rings. The predicted molar refractivity (Wildman–Crippen MR) is 73.9 cm³/mol. The average molecular weight is 266 g/mol. The number of methoxy groups -OCH3 is 2. The standard InChI is InChI=1S/C14H18O3S/c1-15-8-4-5-11-7-6-10-9-12(16-2)14(18-3)13(10)17-11/h6-7,9H,4-5,8H2,1-3H3. The minimum absolute atomic E-state index is 0.757. The summed E-state index contributed by atoms with van der Waals surface area (Å²) >= 11 is 1.65. The summed E-state index contributed by atoms with van der Waals surface area (Å²) in [5.41, 5.74) is 1.09. The second-order valence-electron chi connectivity index (χ2n) is 4.03. The first kappa shape index (κ1) is 13.3. The highest BCUT2D eigenvalue weighted by molar-refractivity contribution is 7.98. The zero-order valence-electron chi connectivity index (χ0n) is 11.0. The Balaban J connectivity index is 2.28. The van der Waals surface area contributed by atoms with E-state index in [0.29, 0.717) is 0 Å². The number of hydrogen-bond donors (Lipinski definition) is 0. The van der Waals surface area contributed by atoms with Crippen molar-refractivity contribution in [3.8, 4) is 17.1 Å². The molecule has 2 rings (SSSR count). The summed E-state index contributed by atoms with van der Waals surface area (Å²) in [7, 11) is 3.40. The second-order valence-corrected chi connectivity index (χ2v) is 4.84. The lowest BCUT2D eigenvalue weighted by atomic mass is 10.2. The molecule has 1 aliphatic heterocycles. The maximum atomic E-state index is 5.96. The number of fused-ring (bicyclic) bond motifs is 1. The molecule has 0 unspecified atom stereocenters. The number of ether oxygens (including phenoxy) is 2. The zero-order chi connectivity index (χ0) is 13.0. The van der Waals surface area contributed by atoms with Crippen LogP contribution in [0, 0.1) is 0 Å². The Labute approximate surface area is 112 Å². The molecule has 0 N–H and O–H groups in total. The fourth-order valence-corrected chi connectivity index (χ4v) is 2.65. The number of thioether (sulfide) groups is 1. The van der Waals surface area contributed by atoms with Gasteiger partial charge in [-0.15, -0.1) is 11.8 Å². The molecule has 1 aliphatic carbocycles. The molecule has 0 fully saturated rings. The van der Waals surface area contributed by atoms with Gasteiger partial charge >= 0.3 is 0 Å². The SMILES string of the molecule is COCCCc1ccc2cc(OC)c(SC)c-2o1. The van der Waals surface area contributed by atoms with Crippen molar-refractivity contribution in [1.29, 1.82) is 0 Å². The molecule has 3 nitrogen and oxygen atoms in total. The van der Waals surface area contributed by atoms with E-state index in [0.717, 1.165) is 47.2 Å². The molecule has 0 amide bonds. The van der Waals surface area contributed by atoms with Crippen LogP contribution in [-0.4, -0.2) is 27.1 Å². The molecule has 0 aromatic carbocycles. The lowest BCUT2D eigenvalue weighted by Crippen LogP contribution is -1.93. The van der Waals surface area contributed by atoms with Gasteiger partial charge in [-0.05, 0) is 30.9 Å². The van der Waals surface area contributed by atoms with Crippen LogP contribution in [0.25, 0.3) is 11.3 Å². The summed E-state index contributed by atoms with van der Waals surface area (Å²) in [5, 5.41) is 0. The van der Waals surface area contributed by atoms with Gasteiger partial charge in [0.25, 0.3) is 0 Å². The maximum Gasteiger partial charge on any atom is 0.151 e. The van der Waals surface area contributed by atoms with Crippen molar-refractivity contribution in [1.82, 2.24) is 0 Å². The highest BCUT2D eigenvalue weighted by Gasteiger charge is 2.19. The lowest BCUT2D eigenvalue weighted by molar-refractivity contribution is 0.193. The van der Waals surface area contributed by atoms with Crippen LogP contribution in [-0.2, 0) is 11.2 Å². The summed E-state index contributed by atoms with van der Waals surface area (Å²) in [6.45, 7) is 0.757. The van der Waals surface area contributed by atoms with E-state index in [1.807, 2.05) is 18.4 Å². The smallest absolute Gasteiger partial charge is 0.151 e. The van der Waals surface area contributed by atoms with Crippen LogP contribution in [0.15, 0.2) is 27.5 Å². The fraction of sp³-hybridized carbons (Fsp3) is 0.429. The van der Waals surface area contributed by atoms with E-state index in [2.05, 4.69) is 6.07 Å². The van der Waals surface area contributed by atoms with Gasteiger partial charge in [0.2, 0.25) is 0 Å². The van der Waals surface area contributed by atoms with Crippen molar-refractivity contribution in [3.05, 3.63) is 24.0 Å². The van der Waals surface area contributed by atoms with Gasteiger partial charge in [-0.2, -0.15) is 0 Å². The number of rotatable bonds is 6. The maximum absolute atomic E-state index is 5.96. The third-order valence-electron chi connectivity index (χ3n) is 2.86. The minimum Gasteiger partial charge on any atom is -0.495 e. The average Bonchev–Trinajstić information content (AvgIpc) is 2.76. The van der Waals surface area contributed by atoms with Gasteiger partial charge < -0.3 is 13.9 Å². The molecule has 0 bridgehead atoms. The van der Waals surface area contributed by atoms with Crippen molar-refractivity contribution in [3.63, 3.8) is 0 Å². The van der Waals surface area contributed by atoms with Gasteiger partial charge in [0, 0.05) is 25.7 Å². The van der Waals surface area contributed by atoms with E-state index in [9.17, 15) is 0 Å². The van der Waals surface area contributed by atoms with Crippen LogP contribution < -0.4 is 4.74 Å². The number of hydrogen-bond acceptors (Lipinski definition) is 4. The summed E-state index contributed by atoms with van der Waals surface area (Å²) in [5.74, 6) is 2.80. The first-order valence-electron chi connectivity index (χ1n) is 5.92. The zero-order valence-corrected chi connectivity index (χ0v) is 11.8. The third kappa shape index (κ3) is 2.65. The summed E-state index contributed by atoms with van der Waals surface area (Å²) in [4.78, 5) is 1.07. The molecule has 18 heavy (non-hydrogen) atoms. The molecule has 0 aromatic heterocycles. The van der Waals surface area contributed by atoms with Crippen molar-refractivity contribution in [2.24, 2.45) is 0 Å². The quantitative estimate of drug-likeness (QED) is 0.589. The predicted octanol–water partition coefficient (Wildman–Crippen LogP) is 3.69. The van der Waals surface area contributed by atoms with Crippen molar-refractivity contribution >= 4 is 11.8 Å². The highest BCUT2D eigenvalue weighted by atomic mass is 32.2. The van der Waals surface area contributed by atoms with Gasteiger partial charge in [-0.3, -0.25) is 0 Å². The normalized spacial score (nSPS) is 11.1. The first-order chi connectivity index (χ1) is 8.80. The second kappa shape index (κ2) is 6.16. The van der Waals surface area contributed by atoms with Crippen molar-refractivity contribution in [2.45, 2.75) is 17.7 Å². The summed E-state index contributed by atoms with van der Waals surface area (Å²) in [6, 6.07) is 6.13. The Bertz CT molecular complexity index is 478. The topological polar surface area (TPSA) is 31.6 Å². The molecule has 1 heterocycles. The van der Waals surface area contributed by atoms with Crippen molar-refractivity contribution in [2.75, 3.05) is 27.1 Å². The molecule has 0 spiro atoms. The Morgan fingerprint density at radius 1 is 1.28 bits per heavy atom. The first-order valence-corrected chi connectivity index (χ1v) is 7.15. The van der Waals surface area contributed by atoms with E-state index >= 15 is 0 Å². The molecule has 0 saturated carbocycles. The highest BCUT2D eigenvalue weighted by Crippen LogP contribution is 2.43. The van der Waals surface area contributed by atoms with Gasteiger partial charge in [-0.1, -0.05) is 0 Å². The monoisotopic (exact) mass is 266 g/mol. The van der Waals surface area contributed by atoms with Gasteiger partial charge in [0.05, 0.1) is 12.0 Å². The Hall–Kier alpha value is -1.13. The van der Waals surface area contributed by atoms with E-state index in [1.54, 1.807) is 26.0 Å². The van der Waals surface area contributed by atoms with Crippen molar-refractivity contribution < 1.29 is 13.9 Å². The van der Waals surface area contributed by atoms with Gasteiger partial charge in [-0.25, -0.2) is 0 Å². The molecule has 0 radical (unpaired) electrons. The van der Waals surface area contributed by atoms with Crippen LogP contribution in [0.1, 0.15) is 12.2 Å².